The van der Waals surface area contributed by atoms with Crippen molar-refractivity contribution in [3.05, 3.63) is 59.8 Å². The summed E-state index contributed by atoms with van der Waals surface area (Å²) in [5.41, 5.74) is 0.266. The van der Waals surface area contributed by atoms with E-state index in [1.807, 2.05) is 18.2 Å². The molecular weight excluding hydrogens is 309 g/mol. The maximum atomic E-state index is 13.7. The summed E-state index contributed by atoms with van der Waals surface area (Å²) >= 11 is 0. The zero-order valence-corrected chi connectivity index (χ0v) is 13.3. The van der Waals surface area contributed by atoms with E-state index >= 15 is 0 Å². The third-order valence-corrected chi connectivity index (χ3v) is 5.12. The van der Waals surface area contributed by atoms with Crippen LogP contribution in [-0.2, 0) is 15.1 Å². The van der Waals surface area contributed by atoms with Gasteiger partial charge in [-0.25, -0.2) is 4.39 Å². The summed E-state index contributed by atoms with van der Waals surface area (Å²) in [6, 6.07) is 10.3. The molecule has 24 heavy (non-hydrogen) atoms. The van der Waals surface area contributed by atoms with Gasteiger partial charge in [-0.1, -0.05) is 12.1 Å². The molecule has 4 nitrogen and oxygen atoms in total. The number of carbonyl (C=O) groups excluding carboxylic acids is 1. The number of rotatable bonds is 4. The molecule has 2 fully saturated rings. The van der Waals surface area contributed by atoms with E-state index < -0.39 is 5.54 Å². The minimum absolute atomic E-state index is 0.0163. The number of ether oxygens (including phenoxy) is 1. The molecule has 1 aromatic heterocycles. The second-order valence-corrected chi connectivity index (χ2v) is 6.66. The summed E-state index contributed by atoms with van der Waals surface area (Å²) in [7, 11) is 0. The van der Waals surface area contributed by atoms with Crippen molar-refractivity contribution in [3.63, 3.8) is 0 Å². The van der Waals surface area contributed by atoms with Gasteiger partial charge in [0.2, 0.25) is 5.91 Å². The predicted molar refractivity (Wildman–Crippen MR) is 85.8 cm³/mol. The average Bonchev–Trinajstić information content (AvgIpc) is 3.21. The Kier molecular flexibility index (Phi) is 3.88. The Bertz CT molecular complexity index is 722. The molecule has 2 atom stereocenters. The molecule has 1 saturated carbocycles. The molecule has 1 amide bonds. The van der Waals surface area contributed by atoms with E-state index in [0.717, 1.165) is 17.7 Å². The standard InChI is InChI=1S/C19H20FNO3/c20-14-4-1-3-13(11-14)19(6-9-23-10-7-19)21-18(22)16-12-15(16)17-5-2-8-24-17/h1-5,8,11,15-16H,6-7,9-10,12H2,(H,21,22)/t15-,16-/m0/s1. The van der Waals surface area contributed by atoms with Crippen molar-refractivity contribution in [1.82, 2.24) is 5.32 Å². The predicted octanol–water partition coefficient (Wildman–Crippen LogP) is 3.34. The highest BCUT2D eigenvalue weighted by molar-refractivity contribution is 5.83. The molecule has 1 aromatic carbocycles. The lowest BCUT2D eigenvalue weighted by Gasteiger charge is -2.38. The largest absolute Gasteiger partial charge is 0.469 e. The number of hydrogen-bond donors (Lipinski definition) is 1. The molecule has 0 spiro atoms. The normalized spacial score (nSPS) is 25.2. The summed E-state index contributed by atoms with van der Waals surface area (Å²) in [6.07, 6.45) is 3.74. The van der Waals surface area contributed by atoms with E-state index in [1.165, 1.54) is 12.1 Å². The number of nitrogens with one attached hydrogen (secondary N) is 1. The van der Waals surface area contributed by atoms with Gasteiger partial charge in [0.1, 0.15) is 11.6 Å². The minimum atomic E-state index is -0.548. The minimum Gasteiger partial charge on any atom is -0.469 e. The third kappa shape index (κ3) is 2.84. The first-order valence-electron chi connectivity index (χ1n) is 8.37. The van der Waals surface area contributed by atoms with E-state index in [9.17, 15) is 9.18 Å². The second-order valence-electron chi connectivity index (χ2n) is 6.66. The van der Waals surface area contributed by atoms with Gasteiger partial charge in [0, 0.05) is 25.0 Å². The third-order valence-electron chi connectivity index (χ3n) is 5.12. The smallest absolute Gasteiger partial charge is 0.224 e. The van der Waals surface area contributed by atoms with Gasteiger partial charge >= 0.3 is 0 Å². The highest BCUT2D eigenvalue weighted by Crippen LogP contribution is 2.48. The second kappa shape index (κ2) is 6.06. The molecule has 126 valence electrons. The van der Waals surface area contributed by atoms with Gasteiger partial charge in [0.25, 0.3) is 0 Å². The molecule has 1 saturated heterocycles. The van der Waals surface area contributed by atoms with Crippen LogP contribution in [0.15, 0.2) is 47.1 Å². The first kappa shape index (κ1) is 15.4. The van der Waals surface area contributed by atoms with Crippen LogP contribution in [0.25, 0.3) is 0 Å². The molecular formula is C19H20FNO3. The van der Waals surface area contributed by atoms with Crippen LogP contribution in [0.1, 0.15) is 36.5 Å². The monoisotopic (exact) mass is 329 g/mol. The number of carbonyl (C=O) groups is 1. The van der Waals surface area contributed by atoms with Gasteiger partial charge < -0.3 is 14.5 Å². The molecule has 4 rings (SSSR count). The van der Waals surface area contributed by atoms with E-state index in [2.05, 4.69) is 5.32 Å². The maximum Gasteiger partial charge on any atom is 0.224 e. The van der Waals surface area contributed by atoms with Gasteiger partial charge in [0.05, 0.1) is 11.8 Å². The Morgan fingerprint density at radius 1 is 1.21 bits per heavy atom. The van der Waals surface area contributed by atoms with Crippen molar-refractivity contribution in [3.8, 4) is 0 Å². The number of halogens is 1. The topological polar surface area (TPSA) is 51.5 Å². The summed E-state index contributed by atoms with van der Waals surface area (Å²) in [5.74, 6) is 0.686. The highest BCUT2D eigenvalue weighted by Gasteiger charge is 2.48. The molecule has 1 aliphatic heterocycles. The van der Waals surface area contributed by atoms with Crippen molar-refractivity contribution < 1.29 is 18.3 Å². The Hall–Kier alpha value is -2.14. The van der Waals surface area contributed by atoms with Crippen LogP contribution in [0.4, 0.5) is 4.39 Å². The fraction of sp³-hybridized carbons (Fsp3) is 0.421. The van der Waals surface area contributed by atoms with Crippen LogP contribution in [0.2, 0.25) is 0 Å². The molecule has 0 radical (unpaired) electrons. The quantitative estimate of drug-likeness (QED) is 0.936. The Balaban J connectivity index is 1.53. The molecule has 5 heteroatoms. The molecule has 1 N–H and O–H groups in total. The van der Waals surface area contributed by atoms with Crippen molar-refractivity contribution in [2.75, 3.05) is 13.2 Å². The lowest BCUT2D eigenvalue weighted by molar-refractivity contribution is -0.126. The van der Waals surface area contributed by atoms with Crippen LogP contribution in [0, 0.1) is 11.7 Å². The van der Waals surface area contributed by atoms with Crippen LogP contribution < -0.4 is 5.32 Å². The van der Waals surface area contributed by atoms with Gasteiger partial charge in [0.15, 0.2) is 0 Å². The molecule has 0 unspecified atom stereocenters. The van der Waals surface area contributed by atoms with E-state index in [0.29, 0.717) is 26.1 Å². The van der Waals surface area contributed by atoms with Gasteiger partial charge in [-0.3, -0.25) is 4.79 Å². The van der Waals surface area contributed by atoms with Gasteiger partial charge in [-0.15, -0.1) is 0 Å². The molecule has 2 aliphatic rings. The Morgan fingerprint density at radius 3 is 2.75 bits per heavy atom. The summed E-state index contributed by atoms with van der Waals surface area (Å²) in [5, 5.41) is 3.20. The van der Waals surface area contributed by atoms with E-state index in [4.69, 9.17) is 9.15 Å². The first-order valence-corrected chi connectivity index (χ1v) is 8.37. The summed E-state index contributed by atoms with van der Waals surface area (Å²) in [6.45, 7) is 1.12. The SMILES string of the molecule is O=C(NC1(c2cccc(F)c2)CCOCC1)[C@H]1C[C@@H]1c1ccco1. The maximum absolute atomic E-state index is 13.7. The van der Waals surface area contributed by atoms with Crippen LogP contribution >= 0.6 is 0 Å². The Morgan fingerprint density at radius 2 is 2.04 bits per heavy atom. The average molecular weight is 329 g/mol. The number of amides is 1. The van der Waals surface area contributed by atoms with Crippen LogP contribution in [0.5, 0.6) is 0 Å². The van der Waals surface area contributed by atoms with Gasteiger partial charge in [-0.05, 0) is 49.1 Å². The highest BCUT2D eigenvalue weighted by atomic mass is 19.1. The Labute approximate surface area is 140 Å². The van der Waals surface area contributed by atoms with Crippen molar-refractivity contribution in [2.45, 2.75) is 30.7 Å². The summed E-state index contributed by atoms with van der Waals surface area (Å²) in [4.78, 5) is 12.8. The number of benzene rings is 1. The lowest BCUT2D eigenvalue weighted by atomic mass is 9.82. The van der Waals surface area contributed by atoms with Crippen molar-refractivity contribution in [1.29, 1.82) is 0 Å². The van der Waals surface area contributed by atoms with Crippen molar-refractivity contribution >= 4 is 5.91 Å². The van der Waals surface area contributed by atoms with Gasteiger partial charge in [-0.2, -0.15) is 0 Å². The van der Waals surface area contributed by atoms with Crippen molar-refractivity contribution in [2.24, 2.45) is 5.92 Å². The molecule has 1 aliphatic carbocycles. The molecule has 2 heterocycles. The number of furan rings is 1. The fourth-order valence-corrected chi connectivity index (χ4v) is 3.62. The zero-order chi connectivity index (χ0) is 16.6. The zero-order valence-electron chi connectivity index (χ0n) is 13.3. The molecule has 0 bridgehead atoms. The number of hydrogen-bond acceptors (Lipinski definition) is 3. The van der Waals surface area contributed by atoms with Crippen LogP contribution in [-0.4, -0.2) is 19.1 Å². The summed E-state index contributed by atoms with van der Waals surface area (Å²) < 4.78 is 24.5. The fourth-order valence-electron chi connectivity index (χ4n) is 3.62. The van der Waals surface area contributed by atoms with Crippen LogP contribution in [0.3, 0.4) is 0 Å². The lowest BCUT2D eigenvalue weighted by Crippen LogP contribution is -2.50. The van der Waals surface area contributed by atoms with E-state index in [1.54, 1.807) is 12.3 Å². The molecule has 2 aromatic rings. The van der Waals surface area contributed by atoms with E-state index in [-0.39, 0.29) is 23.6 Å². The first-order chi connectivity index (χ1) is 11.7.